The first-order chi connectivity index (χ1) is 9.24. The van der Waals surface area contributed by atoms with Crippen molar-refractivity contribution < 1.29 is 4.92 Å². The van der Waals surface area contributed by atoms with Crippen molar-refractivity contribution >= 4 is 17.6 Å². The van der Waals surface area contributed by atoms with Crippen LogP contribution in [0.3, 0.4) is 0 Å². The Hall–Kier alpha value is -2.56. The van der Waals surface area contributed by atoms with Crippen LogP contribution in [0.25, 0.3) is 0 Å². The molecule has 0 fully saturated rings. The van der Waals surface area contributed by atoms with E-state index in [4.69, 9.17) is 0 Å². The van der Waals surface area contributed by atoms with Gasteiger partial charge in [-0.3, -0.25) is 20.1 Å². The SMILES string of the molecule is O=[N+]([O-])c1ccc(C2=NC3C=CC=CC3N=C2)cc1. The summed E-state index contributed by atoms with van der Waals surface area (Å²) in [6, 6.07) is 6.46. The van der Waals surface area contributed by atoms with Gasteiger partial charge in [-0.2, -0.15) is 0 Å². The zero-order chi connectivity index (χ0) is 13.2. The molecule has 0 saturated carbocycles. The van der Waals surface area contributed by atoms with Crippen molar-refractivity contribution in [3.63, 3.8) is 0 Å². The van der Waals surface area contributed by atoms with Gasteiger partial charge < -0.3 is 0 Å². The lowest BCUT2D eigenvalue weighted by Gasteiger charge is -2.21. The number of rotatable bonds is 2. The normalized spacial score (nSPS) is 23.9. The molecule has 0 spiro atoms. The highest BCUT2D eigenvalue weighted by Crippen LogP contribution is 2.19. The average molecular weight is 253 g/mol. The number of benzene rings is 1. The molecular formula is C14H11N3O2. The standard InChI is InChI=1S/C14H11N3O2/c18-17(19)11-7-5-10(6-8-11)14-9-15-12-3-1-2-4-13(12)16-14/h1-9,12-13H. The molecule has 1 aliphatic carbocycles. The van der Waals surface area contributed by atoms with Crippen LogP contribution in [-0.2, 0) is 0 Å². The van der Waals surface area contributed by atoms with Gasteiger partial charge in [0.05, 0.1) is 22.7 Å². The minimum Gasteiger partial charge on any atom is -0.281 e. The van der Waals surface area contributed by atoms with E-state index in [2.05, 4.69) is 9.98 Å². The van der Waals surface area contributed by atoms with E-state index in [1.165, 1.54) is 12.1 Å². The molecule has 1 aromatic carbocycles. The van der Waals surface area contributed by atoms with Crippen LogP contribution in [0.4, 0.5) is 5.69 Å². The Balaban J connectivity index is 1.89. The number of non-ortho nitro benzene ring substituents is 1. The predicted molar refractivity (Wildman–Crippen MR) is 74.0 cm³/mol. The van der Waals surface area contributed by atoms with Crippen molar-refractivity contribution in [1.82, 2.24) is 0 Å². The zero-order valence-corrected chi connectivity index (χ0v) is 10.0. The van der Waals surface area contributed by atoms with Gasteiger partial charge in [-0.15, -0.1) is 0 Å². The van der Waals surface area contributed by atoms with E-state index in [-0.39, 0.29) is 17.8 Å². The molecule has 1 aromatic rings. The molecule has 5 heteroatoms. The van der Waals surface area contributed by atoms with Gasteiger partial charge in [0, 0.05) is 23.9 Å². The Morgan fingerprint density at radius 3 is 2.42 bits per heavy atom. The summed E-state index contributed by atoms with van der Waals surface area (Å²) in [5.41, 5.74) is 1.68. The number of nitro benzene ring substituents is 1. The van der Waals surface area contributed by atoms with Gasteiger partial charge in [0.25, 0.3) is 5.69 Å². The van der Waals surface area contributed by atoms with Crippen molar-refractivity contribution in [2.45, 2.75) is 12.1 Å². The molecule has 94 valence electrons. The maximum atomic E-state index is 10.6. The number of allylic oxidation sites excluding steroid dienone is 2. The Kier molecular flexibility index (Phi) is 2.79. The summed E-state index contributed by atoms with van der Waals surface area (Å²) in [5.74, 6) is 0. The minimum absolute atomic E-state index is 0.0280. The van der Waals surface area contributed by atoms with Crippen LogP contribution >= 0.6 is 0 Å². The zero-order valence-electron chi connectivity index (χ0n) is 10.0. The summed E-state index contributed by atoms with van der Waals surface area (Å²) in [4.78, 5) is 19.2. The van der Waals surface area contributed by atoms with Gasteiger partial charge in [-0.05, 0) is 12.1 Å². The summed E-state index contributed by atoms with van der Waals surface area (Å²) < 4.78 is 0. The highest BCUT2D eigenvalue weighted by Gasteiger charge is 2.21. The van der Waals surface area contributed by atoms with Crippen molar-refractivity contribution in [2.24, 2.45) is 9.98 Å². The first-order valence-corrected chi connectivity index (χ1v) is 5.95. The van der Waals surface area contributed by atoms with E-state index in [0.717, 1.165) is 11.3 Å². The molecule has 1 aliphatic heterocycles. The molecule has 0 bridgehead atoms. The lowest BCUT2D eigenvalue weighted by molar-refractivity contribution is -0.384. The van der Waals surface area contributed by atoms with Gasteiger partial charge in [-0.25, -0.2) is 0 Å². The Morgan fingerprint density at radius 1 is 1.05 bits per heavy atom. The molecule has 0 aromatic heterocycles. The van der Waals surface area contributed by atoms with Gasteiger partial charge in [0.1, 0.15) is 0 Å². The van der Waals surface area contributed by atoms with Crippen LogP contribution in [0.15, 0.2) is 58.6 Å². The molecule has 2 aliphatic rings. The van der Waals surface area contributed by atoms with E-state index in [9.17, 15) is 10.1 Å². The first kappa shape index (κ1) is 11.5. The molecule has 2 unspecified atom stereocenters. The van der Waals surface area contributed by atoms with Crippen LogP contribution in [0.5, 0.6) is 0 Å². The molecule has 0 amide bonds. The van der Waals surface area contributed by atoms with Crippen LogP contribution in [0.1, 0.15) is 5.56 Å². The first-order valence-electron chi connectivity index (χ1n) is 5.95. The lowest BCUT2D eigenvalue weighted by Crippen LogP contribution is -2.27. The van der Waals surface area contributed by atoms with Gasteiger partial charge >= 0.3 is 0 Å². The summed E-state index contributed by atoms with van der Waals surface area (Å²) in [6.45, 7) is 0. The Bertz CT molecular complexity index is 627. The van der Waals surface area contributed by atoms with Crippen molar-refractivity contribution in [2.75, 3.05) is 0 Å². The Morgan fingerprint density at radius 2 is 1.74 bits per heavy atom. The van der Waals surface area contributed by atoms with E-state index in [0.29, 0.717) is 0 Å². The molecule has 5 nitrogen and oxygen atoms in total. The number of hydrogen-bond donors (Lipinski definition) is 0. The third kappa shape index (κ3) is 2.22. The number of aliphatic imine (C=N–C) groups is 2. The number of nitro groups is 1. The second-order valence-corrected chi connectivity index (χ2v) is 4.35. The van der Waals surface area contributed by atoms with Gasteiger partial charge in [0.15, 0.2) is 0 Å². The van der Waals surface area contributed by atoms with Crippen molar-refractivity contribution in [3.8, 4) is 0 Å². The fourth-order valence-electron chi connectivity index (χ4n) is 2.09. The smallest absolute Gasteiger partial charge is 0.269 e. The van der Waals surface area contributed by atoms with Gasteiger partial charge in [0.2, 0.25) is 0 Å². The minimum atomic E-state index is -0.411. The highest BCUT2D eigenvalue weighted by molar-refractivity contribution is 6.38. The summed E-state index contributed by atoms with van der Waals surface area (Å²) >= 11 is 0. The summed E-state index contributed by atoms with van der Waals surface area (Å²) in [5, 5.41) is 10.6. The van der Waals surface area contributed by atoms with Crippen molar-refractivity contribution in [1.29, 1.82) is 0 Å². The third-order valence-corrected chi connectivity index (χ3v) is 3.11. The van der Waals surface area contributed by atoms with Crippen molar-refractivity contribution in [3.05, 3.63) is 64.2 Å². The number of fused-ring (bicyclic) bond motifs is 1. The maximum absolute atomic E-state index is 10.6. The second-order valence-electron chi connectivity index (χ2n) is 4.35. The van der Waals surface area contributed by atoms with E-state index in [1.54, 1.807) is 18.3 Å². The molecule has 0 radical (unpaired) electrons. The topological polar surface area (TPSA) is 67.9 Å². The van der Waals surface area contributed by atoms with E-state index >= 15 is 0 Å². The summed E-state index contributed by atoms with van der Waals surface area (Å²) in [7, 11) is 0. The fourth-order valence-corrected chi connectivity index (χ4v) is 2.09. The molecular weight excluding hydrogens is 242 g/mol. The largest absolute Gasteiger partial charge is 0.281 e. The average Bonchev–Trinajstić information content (AvgIpc) is 2.47. The molecule has 1 heterocycles. The highest BCUT2D eigenvalue weighted by atomic mass is 16.6. The number of hydrogen-bond acceptors (Lipinski definition) is 4. The second kappa shape index (κ2) is 4.61. The maximum Gasteiger partial charge on any atom is 0.269 e. The fraction of sp³-hybridized carbons (Fsp3) is 0.143. The molecule has 19 heavy (non-hydrogen) atoms. The molecule has 0 N–H and O–H groups in total. The van der Waals surface area contributed by atoms with Crippen LogP contribution in [0, 0.1) is 10.1 Å². The van der Waals surface area contributed by atoms with Crippen LogP contribution < -0.4 is 0 Å². The Labute approximate surface area is 109 Å². The molecule has 0 saturated heterocycles. The van der Waals surface area contributed by atoms with Crippen LogP contribution in [0.2, 0.25) is 0 Å². The third-order valence-electron chi connectivity index (χ3n) is 3.11. The van der Waals surface area contributed by atoms with E-state index < -0.39 is 4.92 Å². The van der Waals surface area contributed by atoms with Gasteiger partial charge in [-0.1, -0.05) is 24.3 Å². The molecule has 2 atom stereocenters. The monoisotopic (exact) mass is 253 g/mol. The molecule has 3 rings (SSSR count). The van der Waals surface area contributed by atoms with E-state index in [1.807, 2.05) is 24.3 Å². The lowest BCUT2D eigenvalue weighted by atomic mass is 10.0. The summed E-state index contributed by atoms with van der Waals surface area (Å²) in [6.07, 6.45) is 9.67. The quantitative estimate of drug-likeness (QED) is 0.599. The number of nitrogens with zero attached hydrogens (tertiary/aromatic N) is 3. The predicted octanol–water partition coefficient (Wildman–Crippen LogP) is 2.33. The van der Waals surface area contributed by atoms with Crippen LogP contribution in [-0.4, -0.2) is 28.9 Å².